The van der Waals surface area contributed by atoms with Crippen LogP contribution in [0.2, 0.25) is 0 Å². The van der Waals surface area contributed by atoms with E-state index in [2.05, 4.69) is 11.2 Å². The van der Waals surface area contributed by atoms with Crippen LogP contribution in [-0.2, 0) is 7.05 Å². The van der Waals surface area contributed by atoms with Gasteiger partial charge in [-0.2, -0.15) is 10.4 Å². The molecule has 0 spiro atoms. The topological polar surface area (TPSA) is 41.6 Å². The van der Waals surface area contributed by atoms with Crippen molar-refractivity contribution in [1.29, 1.82) is 5.26 Å². The molecule has 0 unspecified atom stereocenters. The van der Waals surface area contributed by atoms with E-state index < -0.39 is 0 Å². The fourth-order valence-electron chi connectivity index (χ4n) is 1.44. The molecule has 0 amide bonds. The molecule has 2 rings (SSSR count). The molecule has 0 aliphatic heterocycles. The molecule has 0 bridgehead atoms. The molecule has 0 aliphatic rings. The average molecular weight is 171 g/mol. The Morgan fingerprint density at radius 1 is 1.46 bits per heavy atom. The molecular formula is C10H9N3. The molecule has 13 heavy (non-hydrogen) atoms. The van der Waals surface area contributed by atoms with Crippen molar-refractivity contribution in [3.05, 3.63) is 29.5 Å². The molecule has 0 saturated heterocycles. The standard InChI is InChI=1S/C10H9N3/c1-7-3-4-8-9(5-7)12-13(2)10(8)6-11/h3-5H,1-2H3. The Kier molecular flexibility index (Phi) is 1.56. The lowest BCUT2D eigenvalue weighted by atomic mass is 10.1. The fraction of sp³-hybridized carbons (Fsp3) is 0.200. The van der Waals surface area contributed by atoms with Gasteiger partial charge in [-0.15, -0.1) is 0 Å². The van der Waals surface area contributed by atoms with Gasteiger partial charge < -0.3 is 0 Å². The number of rotatable bonds is 0. The molecule has 3 nitrogen and oxygen atoms in total. The Hall–Kier alpha value is -1.82. The van der Waals surface area contributed by atoms with Crippen molar-refractivity contribution in [2.45, 2.75) is 6.92 Å². The van der Waals surface area contributed by atoms with Gasteiger partial charge in [-0.25, -0.2) is 0 Å². The smallest absolute Gasteiger partial charge is 0.146 e. The van der Waals surface area contributed by atoms with Crippen molar-refractivity contribution in [2.75, 3.05) is 0 Å². The molecule has 0 fully saturated rings. The molecule has 0 saturated carbocycles. The number of hydrogen-bond donors (Lipinski definition) is 0. The summed E-state index contributed by atoms with van der Waals surface area (Å²) in [6, 6.07) is 8.05. The maximum Gasteiger partial charge on any atom is 0.146 e. The van der Waals surface area contributed by atoms with E-state index in [4.69, 9.17) is 5.26 Å². The molecule has 0 radical (unpaired) electrons. The largest absolute Gasteiger partial charge is 0.257 e. The van der Waals surface area contributed by atoms with Gasteiger partial charge >= 0.3 is 0 Å². The zero-order valence-corrected chi connectivity index (χ0v) is 7.57. The second-order valence-electron chi connectivity index (χ2n) is 3.10. The SMILES string of the molecule is Cc1ccc2c(C#N)n(C)nc2c1. The van der Waals surface area contributed by atoms with Crippen molar-refractivity contribution >= 4 is 10.9 Å². The first-order valence-corrected chi connectivity index (χ1v) is 4.06. The van der Waals surface area contributed by atoms with Crippen molar-refractivity contribution in [1.82, 2.24) is 9.78 Å². The maximum absolute atomic E-state index is 8.86. The molecule has 0 aliphatic carbocycles. The van der Waals surface area contributed by atoms with Crippen LogP contribution in [0.3, 0.4) is 0 Å². The van der Waals surface area contributed by atoms with Gasteiger partial charge in [0, 0.05) is 12.4 Å². The zero-order valence-electron chi connectivity index (χ0n) is 7.57. The number of fused-ring (bicyclic) bond motifs is 1. The van der Waals surface area contributed by atoms with E-state index in [1.165, 1.54) is 0 Å². The minimum absolute atomic E-state index is 0.620. The minimum atomic E-state index is 0.620. The summed E-state index contributed by atoms with van der Waals surface area (Å²) in [5.74, 6) is 0. The Labute approximate surface area is 76.2 Å². The summed E-state index contributed by atoms with van der Waals surface area (Å²) in [4.78, 5) is 0. The summed E-state index contributed by atoms with van der Waals surface area (Å²) >= 11 is 0. The molecule has 0 N–H and O–H groups in total. The third-order valence-corrected chi connectivity index (χ3v) is 2.10. The average Bonchev–Trinajstić information content (AvgIpc) is 2.39. The van der Waals surface area contributed by atoms with Crippen molar-refractivity contribution in [3.8, 4) is 6.07 Å². The summed E-state index contributed by atoms with van der Waals surface area (Å²) < 4.78 is 1.62. The van der Waals surface area contributed by atoms with Crippen LogP contribution < -0.4 is 0 Å². The third kappa shape index (κ3) is 1.07. The lowest BCUT2D eigenvalue weighted by Gasteiger charge is -1.90. The molecule has 2 aromatic rings. The Morgan fingerprint density at radius 2 is 2.23 bits per heavy atom. The van der Waals surface area contributed by atoms with E-state index in [1.54, 1.807) is 11.7 Å². The summed E-state index contributed by atoms with van der Waals surface area (Å²) in [6.07, 6.45) is 0. The molecular weight excluding hydrogens is 162 g/mol. The monoisotopic (exact) mass is 171 g/mol. The normalized spacial score (nSPS) is 10.2. The predicted molar refractivity (Wildman–Crippen MR) is 50.2 cm³/mol. The lowest BCUT2D eigenvalue weighted by molar-refractivity contribution is 0.767. The predicted octanol–water partition coefficient (Wildman–Crippen LogP) is 1.75. The van der Waals surface area contributed by atoms with E-state index in [-0.39, 0.29) is 0 Å². The molecule has 3 heteroatoms. The van der Waals surface area contributed by atoms with Gasteiger partial charge in [0.25, 0.3) is 0 Å². The number of hydrogen-bond acceptors (Lipinski definition) is 2. The Balaban J connectivity index is 2.88. The molecule has 64 valence electrons. The zero-order chi connectivity index (χ0) is 9.42. The van der Waals surface area contributed by atoms with Gasteiger partial charge in [0.2, 0.25) is 0 Å². The van der Waals surface area contributed by atoms with Crippen LogP contribution in [-0.4, -0.2) is 9.78 Å². The number of aromatic nitrogens is 2. The lowest BCUT2D eigenvalue weighted by Crippen LogP contribution is -1.92. The van der Waals surface area contributed by atoms with Crippen LogP contribution in [0.5, 0.6) is 0 Å². The third-order valence-electron chi connectivity index (χ3n) is 2.10. The second kappa shape index (κ2) is 2.60. The summed E-state index contributed by atoms with van der Waals surface area (Å²) in [5, 5.41) is 14.0. The highest BCUT2D eigenvalue weighted by Gasteiger charge is 2.06. The second-order valence-corrected chi connectivity index (χ2v) is 3.10. The van der Waals surface area contributed by atoms with Crippen LogP contribution in [0.25, 0.3) is 10.9 Å². The van der Waals surface area contributed by atoms with E-state index in [9.17, 15) is 0 Å². The van der Waals surface area contributed by atoms with E-state index in [1.807, 2.05) is 25.1 Å². The highest BCUT2D eigenvalue weighted by molar-refractivity contribution is 5.84. The van der Waals surface area contributed by atoms with E-state index >= 15 is 0 Å². The maximum atomic E-state index is 8.86. The van der Waals surface area contributed by atoms with Gasteiger partial charge in [-0.05, 0) is 24.6 Å². The first-order chi connectivity index (χ1) is 6.22. The van der Waals surface area contributed by atoms with Crippen LogP contribution in [0, 0.1) is 18.3 Å². The van der Waals surface area contributed by atoms with Crippen LogP contribution in [0.1, 0.15) is 11.3 Å². The van der Waals surface area contributed by atoms with Gasteiger partial charge in [-0.1, -0.05) is 6.07 Å². The molecule has 1 aromatic heterocycles. The molecule has 1 aromatic carbocycles. The fourth-order valence-corrected chi connectivity index (χ4v) is 1.44. The molecule has 0 atom stereocenters. The van der Waals surface area contributed by atoms with Crippen LogP contribution in [0.4, 0.5) is 0 Å². The number of nitriles is 1. The van der Waals surface area contributed by atoms with Crippen LogP contribution >= 0.6 is 0 Å². The quantitative estimate of drug-likeness (QED) is 0.606. The number of nitrogens with zero attached hydrogens (tertiary/aromatic N) is 3. The van der Waals surface area contributed by atoms with Crippen molar-refractivity contribution in [2.24, 2.45) is 7.05 Å². The van der Waals surface area contributed by atoms with Gasteiger partial charge in [0.1, 0.15) is 11.8 Å². The minimum Gasteiger partial charge on any atom is -0.257 e. The first-order valence-electron chi connectivity index (χ1n) is 4.06. The number of aryl methyl sites for hydroxylation is 2. The van der Waals surface area contributed by atoms with Gasteiger partial charge in [0.15, 0.2) is 0 Å². The van der Waals surface area contributed by atoms with Gasteiger partial charge in [-0.3, -0.25) is 4.68 Å². The van der Waals surface area contributed by atoms with Gasteiger partial charge in [0.05, 0.1) is 5.52 Å². The van der Waals surface area contributed by atoms with E-state index in [0.29, 0.717) is 5.69 Å². The van der Waals surface area contributed by atoms with E-state index in [0.717, 1.165) is 16.5 Å². The first kappa shape index (κ1) is 7.81. The Morgan fingerprint density at radius 3 is 2.92 bits per heavy atom. The molecule has 1 heterocycles. The van der Waals surface area contributed by atoms with Crippen molar-refractivity contribution in [3.63, 3.8) is 0 Å². The highest BCUT2D eigenvalue weighted by atomic mass is 15.3. The van der Waals surface area contributed by atoms with Crippen molar-refractivity contribution < 1.29 is 0 Å². The summed E-state index contributed by atoms with van der Waals surface area (Å²) in [5.41, 5.74) is 2.67. The van der Waals surface area contributed by atoms with Crippen LogP contribution in [0.15, 0.2) is 18.2 Å². The highest BCUT2D eigenvalue weighted by Crippen LogP contribution is 2.17. The summed E-state index contributed by atoms with van der Waals surface area (Å²) in [6.45, 7) is 2.01. The summed E-state index contributed by atoms with van der Waals surface area (Å²) in [7, 11) is 1.79. The number of benzene rings is 1. The Bertz CT molecular complexity index is 503.